The molecule has 0 atom stereocenters. The van der Waals surface area contributed by atoms with Crippen LogP contribution in [-0.2, 0) is 0 Å². The molecule has 3 aromatic rings. The van der Waals surface area contributed by atoms with Gasteiger partial charge in [-0.15, -0.1) is 0 Å². The van der Waals surface area contributed by atoms with E-state index in [4.69, 9.17) is 32.7 Å². The highest BCUT2D eigenvalue weighted by molar-refractivity contribution is 6.36. The fraction of sp³-hybridized carbons (Fsp3) is 0.0800. The Morgan fingerprint density at radius 2 is 1.75 bits per heavy atom. The molecule has 0 spiro atoms. The van der Waals surface area contributed by atoms with Gasteiger partial charge < -0.3 is 9.47 Å². The standard InChI is InChI=1S/C25H17Cl2NO4/c1-2-31-23-13-16(12-18(15-28)24(29)17-6-4-3-5-7-17)8-11-22(23)32-25(30)20-10-9-19(26)14-21(20)27/h3-14H,2H2,1H3. The zero-order valence-electron chi connectivity index (χ0n) is 17.0. The smallest absolute Gasteiger partial charge is 0.345 e. The number of nitriles is 1. The van der Waals surface area contributed by atoms with Gasteiger partial charge in [0.2, 0.25) is 5.78 Å². The Hall–Kier alpha value is -3.59. The lowest BCUT2D eigenvalue weighted by Gasteiger charge is -2.12. The summed E-state index contributed by atoms with van der Waals surface area (Å²) >= 11 is 12.0. The van der Waals surface area contributed by atoms with Crippen LogP contribution in [0, 0.1) is 11.3 Å². The first-order valence-electron chi connectivity index (χ1n) is 9.58. The van der Waals surface area contributed by atoms with Crippen LogP contribution in [-0.4, -0.2) is 18.4 Å². The Morgan fingerprint density at radius 1 is 1.00 bits per heavy atom. The Bertz CT molecular complexity index is 1230. The first-order chi connectivity index (χ1) is 15.4. The van der Waals surface area contributed by atoms with Gasteiger partial charge >= 0.3 is 5.97 Å². The Morgan fingerprint density at radius 3 is 2.41 bits per heavy atom. The fourth-order valence-electron chi connectivity index (χ4n) is 2.84. The highest BCUT2D eigenvalue weighted by Gasteiger charge is 2.17. The number of benzene rings is 3. The maximum Gasteiger partial charge on any atom is 0.345 e. The Kier molecular flexibility index (Phi) is 7.67. The molecule has 0 unspecified atom stereocenters. The van der Waals surface area contributed by atoms with E-state index in [1.807, 2.05) is 6.07 Å². The number of carbonyl (C=O) groups excluding carboxylic acids is 2. The fourth-order valence-corrected chi connectivity index (χ4v) is 3.32. The van der Waals surface area contributed by atoms with Crippen molar-refractivity contribution in [2.75, 3.05) is 6.61 Å². The molecule has 3 aromatic carbocycles. The summed E-state index contributed by atoms with van der Waals surface area (Å²) in [6.45, 7) is 2.09. The van der Waals surface area contributed by atoms with Gasteiger partial charge in [-0.05, 0) is 48.9 Å². The lowest BCUT2D eigenvalue weighted by Crippen LogP contribution is -2.10. The molecule has 0 fully saturated rings. The van der Waals surface area contributed by atoms with E-state index in [-0.39, 0.29) is 33.4 Å². The molecule has 0 aromatic heterocycles. The Labute approximate surface area is 195 Å². The summed E-state index contributed by atoms with van der Waals surface area (Å²) in [6, 6.07) is 19.7. The van der Waals surface area contributed by atoms with E-state index in [1.165, 1.54) is 30.3 Å². The summed E-state index contributed by atoms with van der Waals surface area (Å²) in [7, 11) is 0. The number of nitrogens with zero attached hydrogens (tertiary/aromatic N) is 1. The molecule has 0 aliphatic heterocycles. The molecule has 3 rings (SSSR count). The number of hydrogen-bond donors (Lipinski definition) is 0. The molecule has 7 heteroatoms. The summed E-state index contributed by atoms with van der Waals surface area (Å²) in [4.78, 5) is 25.2. The number of carbonyl (C=O) groups is 2. The highest BCUT2D eigenvalue weighted by atomic mass is 35.5. The van der Waals surface area contributed by atoms with Gasteiger partial charge in [0, 0.05) is 10.6 Å². The van der Waals surface area contributed by atoms with Gasteiger partial charge in [0.15, 0.2) is 11.5 Å². The number of hydrogen-bond acceptors (Lipinski definition) is 5. The quantitative estimate of drug-likeness (QED) is 0.132. The van der Waals surface area contributed by atoms with Crippen LogP contribution >= 0.6 is 23.2 Å². The van der Waals surface area contributed by atoms with Gasteiger partial charge in [0.05, 0.1) is 17.2 Å². The van der Waals surface area contributed by atoms with Gasteiger partial charge in [-0.3, -0.25) is 4.79 Å². The van der Waals surface area contributed by atoms with Crippen LogP contribution in [0.4, 0.5) is 0 Å². The molecule has 0 N–H and O–H groups in total. The number of Topliss-reactive ketones (excluding diaryl/α,β-unsaturated/α-hetero) is 1. The van der Waals surface area contributed by atoms with E-state index in [2.05, 4.69) is 0 Å². The average molecular weight is 466 g/mol. The second-order valence-electron chi connectivity index (χ2n) is 6.52. The monoisotopic (exact) mass is 465 g/mol. The molecule has 0 amide bonds. The number of esters is 1. The molecular weight excluding hydrogens is 449 g/mol. The molecule has 0 bridgehead atoms. The molecule has 0 heterocycles. The molecule has 0 aliphatic rings. The third kappa shape index (κ3) is 5.55. The summed E-state index contributed by atoms with van der Waals surface area (Å²) < 4.78 is 11.1. The number of allylic oxidation sites excluding steroid dienone is 1. The van der Waals surface area contributed by atoms with E-state index in [9.17, 15) is 14.9 Å². The van der Waals surface area contributed by atoms with Crippen molar-refractivity contribution < 1.29 is 19.1 Å². The molecule has 32 heavy (non-hydrogen) atoms. The predicted molar refractivity (Wildman–Crippen MR) is 123 cm³/mol. The van der Waals surface area contributed by atoms with Crippen LogP contribution in [0.1, 0.15) is 33.2 Å². The van der Waals surface area contributed by atoms with E-state index in [1.54, 1.807) is 49.4 Å². The normalized spacial score (nSPS) is 10.9. The van der Waals surface area contributed by atoms with E-state index in [0.717, 1.165) is 0 Å². The zero-order valence-corrected chi connectivity index (χ0v) is 18.5. The molecule has 5 nitrogen and oxygen atoms in total. The van der Waals surface area contributed by atoms with Crippen molar-refractivity contribution >= 4 is 41.0 Å². The molecule has 0 saturated heterocycles. The topological polar surface area (TPSA) is 76.4 Å². The summed E-state index contributed by atoms with van der Waals surface area (Å²) in [5, 5.41) is 10.0. The van der Waals surface area contributed by atoms with Crippen LogP contribution in [0.25, 0.3) is 6.08 Å². The predicted octanol–water partition coefficient (Wildman–Crippen LogP) is 6.40. The minimum absolute atomic E-state index is 0.0312. The molecule has 0 saturated carbocycles. The first-order valence-corrected chi connectivity index (χ1v) is 10.3. The lowest BCUT2D eigenvalue weighted by atomic mass is 10.0. The number of rotatable bonds is 7. The molecular formula is C25H17Cl2NO4. The Balaban J connectivity index is 1.90. The van der Waals surface area contributed by atoms with Crippen LogP contribution in [0.3, 0.4) is 0 Å². The maximum atomic E-state index is 12.6. The summed E-state index contributed by atoms with van der Waals surface area (Å²) in [5.74, 6) is -0.608. The largest absolute Gasteiger partial charge is 0.490 e. The van der Waals surface area contributed by atoms with Crippen molar-refractivity contribution in [1.82, 2.24) is 0 Å². The third-order valence-electron chi connectivity index (χ3n) is 4.33. The van der Waals surface area contributed by atoms with E-state index >= 15 is 0 Å². The minimum Gasteiger partial charge on any atom is -0.490 e. The van der Waals surface area contributed by atoms with E-state index in [0.29, 0.717) is 22.8 Å². The van der Waals surface area contributed by atoms with Crippen molar-refractivity contribution in [1.29, 1.82) is 5.26 Å². The van der Waals surface area contributed by atoms with E-state index < -0.39 is 5.97 Å². The van der Waals surface area contributed by atoms with Gasteiger partial charge in [0.1, 0.15) is 11.6 Å². The van der Waals surface area contributed by atoms with Crippen molar-refractivity contribution in [2.24, 2.45) is 0 Å². The number of ketones is 1. The van der Waals surface area contributed by atoms with Gasteiger partial charge in [-0.2, -0.15) is 5.26 Å². The number of ether oxygens (including phenoxy) is 2. The SMILES string of the molecule is CCOc1cc(C=C(C#N)C(=O)c2ccccc2)ccc1OC(=O)c1ccc(Cl)cc1Cl. The zero-order chi connectivity index (χ0) is 23.1. The maximum absolute atomic E-state index is 12.6. The average Bonchev–Trinajstić information content (AvgIpc) is 2.79. The van der Waals surface area contributed by atoms with Crippen LogP contribution < -0.4 is 9.47 Å². The van der Waals surface area contributed by atoms with Gasteiger partial charge in [0.25, 0.3) is 0 Å². The first kappa shape index (κ1) is 23.1. The number of halogens is 2. The summed E-state index contributed by atoms with van der Waals surface area (Å²) in [6.07, 6.45) is 1.46. The van der Waals surface area contributed by atoms with Gasteiger partial charge in [-0.1, -0.05) is 59.6 Å². The summed E-state index contributed by atoms with van der Waals surface area (Å²) in [5.41, 5.74) is 1.08. The third-order valence-corrected chi connectivity index (χ3v) is 4.88. The molecule has 160 valence electrons. The van der Waals surface area contributed by atoms with Crippen molar-refractivity contribution in [3.05, 3.63) is 99.0 Å². The second-order valence-corrected chi connectivity index (χ2v) is 7.36. The second kappa shape index (κ2) is 10.6. The van der Waals surface area contributed by atoms with Crippen LogP contribution in [0.2, 0.25) is 10.0 Å². The van der Waals surface area contributed by atoms with Crippen molar-refractivity contribution in [3.8, 4) is 17.6 Å². The highest BCUT2D eigenvalue weighted by Crippen LogP contribution is 2.31. The van der Waals surface area contributed by atoms with Gasteiger partial charge in [-0.25, -0.2) is 4.79 Å². The van der Waals surface area contributed by atoms with Crippen molar-refractivity contribution in [2.45, 2.75) is 6.92 Å². The lowest BCUT2D eigenvalue weighted by molar-refractivity contribution is 0.0728. The molecule has 0 aliphatic carbocycles. The van der Waals surface area contributed by atoms with Crippen LogP contribution in [0.15, 0.2) is 72.3 Å². The van der Waals surface area contributed by atoms with Crippen molar-refractivity contribution in [3.63, 3.8) is 0 Å². The minimum atomic E-state index is -0.673. The molecule has 0 radical (unpaired) electrons. The van der Waals surface area contributed by atoms with Crippen LogP contribution in [0.5, 0.6) is 11.5 Å².